The van der Waals surface area contributed by atoms with Crippen LogP contribution in [0.25, 0.3) is 0 Å². The van der Waals surface area contributed by atoms with Crippen LogP contribution in [-0.4, -0.2) is 215 Å². The summed E-state index contributed by atoms with van der Waals surface area (Å²) in [6.45, 7) is 8.85. The van der Waals surface area contributed by atoms with E-state index in [1.54, 1.807) is 45.2 Å². The zero-order chi connectivity index (χ0) is 61.2. The lowest BCUT2D eigenvalue weighted by molar-refractivity contribution is -0.328. The Balaban J connectivity index is 0.885. The third-order valence-corrected chi connectivity index (χ3v) is 16.2. The molecule has 0 aromatic heterocycles. The van der Waals surface area contributed by atoms with Gasteiger partial charge in [-0.1, -0.05) is 35.4 Å². The van der Waals surface area contributed by atoms with Crippen molar-refractivity contribution in [2.75, 3.05) is 104 Å². The Morgan fingerprint density at radius 2 is 1.54 bits per heavy atom. The van der Waals surface area contributed by atoms with Crippen LogP contribution in [0.5, 0.6) is 5.75 Å². The van der Waals surface area contributed by atoms with Gasteiger partial charge in [-0.2, -0.15) is 0 Å². The number of halogens is 1. The minimum atomic E-state index is -1.90. The average Bonchev–Trinajstić information content (AvgIpc) is 2.22. The number of anilines is 1. The number of amides is 7. The summed E-state index contributed by atoms with van der Waals surface area (Å²) in [6, 6.07) is 3.54. The predicted molar refractivity (Wildman–Crippen MR) is 299 cm³/mol. The van der Waals surface area contributed by atoms with Crippen molar-refractivity contribution in [1.82, 2.24) is 20.6 Å². The normalized spacial score (nSPS) is 26.9. The Kier molecular flexibility index (Phi) is 25.3. The summed E-state index contributed by atoms with van der Waals surface area (Å²) in [7, 11) is 4.43. The molecule has 6 aliphatic heterocycles. The lowest BCUT2D eigenvalue weighted by Crippen LogP contribution is -2.72. The maximum Gasteiger partial charge on any atom is 0.409 e. The number of likely N-dealkylation sites (tertiary alicyclic amines) is 1. The van der Waals surface area contributed by atoms with Gasteiger partial charge >= 0.3 is 18.0 Å². The molecule has 0 spiro atoms. The van der Waals surface area contributed by atoms with E-state index >= 15 is 0 Å². The lowest BCUT2D eigenvalue weighted by Gasteiger charge is -2.59. The van der Waals surface area contributed by atoms with E-state index in [4.69, 9.17) is 63.8 Å². The first-order chi connectivity index (χ1) is 40.0. The van der Waals surface area contributed by atoms with Crippen molar-refractivity contribution in [3.05, 3.63) is 46.5 Å². The van der Waals surface area contributed by atoms with Gasteiger partial charge < -0.3 is 67.5 Å². The fourth-order valence-electron chi connectivity index (χ4n) is 10.1. The summed E-state index contributed by atoms with van der Waals surface area (Å²) in [4.78, 5) is 122. The minimum absolute atomic E-state index is 0.0190. The number of ether oxygens (including phenoxy) is 10. The molecule has 6 bridgehead atoms. The summed E-state index contributed by atoms with van der Waals surface area (Å²) in [6.07, 6.45) is 0.240. The van der Waals surface area contributed by atoms with Gasteiger partial charge in [-0.15, -0.1) is 16.8 Å². The molecule has 6 aliphatic rings. The molecule has 3 N–H and O–H groups in total. The number of imide groups is 2. The molecular weight excluding hydrogens is 1150 g/mol. The van der Waals surface area contributed by atoms with Crippen molar-refractivity contribution in [3.63, 3.8) is 0 Å². The van der Waals surface area contributed by atoms with E-state index in [1.807, 2.05) is 13.0 Å². The van der Waals surface area contributed by atoms with Crippen LogP contribution in [0.2, 0.25) is 5.02 Å². The van der Waals surface area contributed by atoms with Crippen LogP contribution >= 0.6 is 23.4 Å². The number of fused-ring (bicyclic) bond motifs is 6. The molecule has 0 saturated carbocycles. The topological polar surface area (TPSA) is 309 Å². The van der Waals surface area contributed by atoms with Gasteiger partial charge in [-0.05, 0) is 64.0 Å². The van der Waals surface area contributed by atoms with Crippen LogP contribution in [-0.2, 0) is 92.2 Å². The number of carbonyl (C=O) groups is 9. The highest BCUT2D eigenvalue weighted by atomic mass is 35.5. The zero-order valence-electron chi connectivity index (χ0n) is 48.6. The van der Waals surface area contributed by atoms with E-state index in [1.165, 1.54) is 37.8 Å². The monoisotopic (exact) mass is 1220 g/mol. The van der Waals surface area contributed by atoms with E-state index in [0.29, 0.717) is 48.3 Å². The van der Waals surface area contributed by atoms with Crippen LogP contribution < -0.4 is 20.3 Å². The van der Waals surface area contributed by atoms with Gasteiger partial charge in [0.15, 0.2) is 11.8 Å². The van der Waals surface area contributed by atoms with E-state index in [-0.39, 0.29) is 128 Å². The Morgan fingerprint density at radius 3 is 2.19 bits per heavy atom. The van der Waals surface area contributed by atoms with E-state index in [0.717, 1.165) is 16.0 Å². The van der Waals surface area contributed by atoms with Crippen molar-refractivity contribution >= 4 is 82.5 Å². The van der Waals surface area contributed by atoms with Gasteiger partial charge in [0.2, 0.25) is 23.6 Å². The van der Waals surface area contributed by atoms with Gasteiger partial charge in [0.1, 0.15) is 40.3 Å². The molecular formula is C56H78ClN5O21S. The SMILES string of the molecule is COc1cc2cc(c1Cl)N(C)C(=O)C[C@H](OC(=O)[C@H](C)OCCCSC1CC(=O)N(CCC(=O)NCCOCCOCCOCCOCCC(=O)ON3C(=O)CCC3=O)C1=O)[C@@]1(C)CC(C)(O1)C1C[C@@](O)(NC(=O)O1)[C@H](OC)/C=C/C=C(\C)C2. The van der Waals surface area contributed by atoms with Crippen LogP contribution in [0.15, 0.2) is 35.9 Å². The van der Waals surface area contributed by atoms with Crippen molar-refractivity contribution in [2.45, 2.75) is 138 Å². The molecule has 1 aromatic rings. The second-order valence-corrected chi connectivity index (χ2v) is 22.8. The smallest absolute Gasteiger partial charge is 0.409 e. The molecule has 466 valence electrons. The third-order valence-electron chi connectivity index (χ3n) is 14.5. The van der Waals surface area contributed by atoms with E-state index in [2.05, 4.69) is 10.6 Å². The number of allylic oxidation sites excluding steroid dienone is 3. The van der Waals surface area contributed by atoms with Crippen LogP contribution in [0.3, 0.4) is 0 Å². The number of aliphatic hydroxyl groups is 1. The molecule has 4 saturated heterocycles. The number of hydrogen-bond donors (Lipinski definition) is 3. The molecule has 84 heavy (non-hydrogen) atoms. The number of esters is 1. The maximum atomic E-state index is 14.3. The molecule has 3 unspecified atom stereocenters. The van der Waals surface area contributed by atoms with Crippen molar-refractivity contribution in [2.24, 2.45) is 0 Å². The molecule has 7 rings (SSSR count). The van der Waals surface area contributed by atoms with Gasteiger partial charge in [0.05, 0.1) is 83.7 Å². The predicted octanol–water partition coefficient (Wildman–Crippen LogP) is 3.04. The second kappa shape index (κ2) is 31.6. The molecule has 28 heteroatoms. The summed E-state index contributed by atoms with van der Waals surface area (Å²) in [5.41, 5.74) is -2.38. The summed E-state index contributed by atoms with van der Waals surface area (Å²) in [5, 5.41) is 17.1. The highest BCUT2D eigenvalue weighted by molar-refractivity contribution is 8.00. The van der Waals surface area contributed by atoms with Gasteiger partial charge in [0.25, 0.3) is 11.8 Å². The molecule has 8 atom stereocenters. The largest absolute Gasteiger partial charge is 0.495 e. The average molecular weight is 1220 g/mol. The maximum absolute atomic E-state index is 14.3. The van der Waals surface area contributed by atoms with Gasteiger partial charge in [-0.3, -0.25) is 39.0 Å². The van der Waals surface area contributed by atoms with Crippen LogP contribution in [0, 0.1) is 0 Å². The third kappa shape index (κ3) is 18.6. The molecule has 0 radical (unpaired) electrons. The Labute approximate surface area is 497 Å². The zero-order valence-corrected chi connectivity index (χ0v) is 50.1. The standard InChI is InChI=1S/C56H78ClN5O21S/c1-35-10-8-11-41(74-7)56(72)33-43(81-53(71)59-56)55(4)34-54(3,83-55)42(32-47(66)60(5)38-29-37(28-35)30-39(73-6)50(38)57)80-52(70)36(2)79-18-9-27-84-40-31-48(67)61(51(40)69)17-14-44(63)58-16-20-76-22-24-78-26-25-77-23-21-75-19-15-49(68)82-62-45(64)12-13-46(62)65/h8,10-11,29-30,36,40-43,72H,9,12-28,31-34H2,1-7H3,(H,58,63)(H,59,71)/b11-8+,35-10+/t36-,40?,41+,42-,43?,54+,55?,56-/m0/s1. The number of nitrogens with one attached hydrogen (secondary N) is 2. The molecule has 26 nitrogen and oxygen atoms in total. The summed E-state index contributed by atoms with van der Waals surface area (Å²) in [5.74, 6) is -3.49. The molecule has 7 amide bonds. The summed E-state index contributed by atoms with van der Waals surface area (Å²) < 4.78 is 57.1. The first-order valence-electron chi connectivity index (χ1n) is 27.8. The van der Waals surface area contributed by atoms with Crippen LogP contribution in [0.4, 0.5) is 10.5 Å². The minimum Gasteiger partial charge on any atom is -0.495 e. The van der Waals surface area contributed by atoms with Crippen LogP contribution in [0.1, 0.15) is 91.0 Å². The number of benzene rings is 1. The van der Waals surface area contributed by atoms with Gasteiger partial charge in [0, 0.05) is 72.4 Å². The molecule has 4 fully saturated rings. The van der Waals surface area contributed by atoms with E-state index in [9.17, 15) is 48.3 Å². The Morgan fingerprint density at radius 1 is 0.881 bits per heavy atom. The summed E-state index contributed by atoms with van der Waals surface area (Å²) >= 11 is 8.08. The lowest BCUT2D eigenvalue weighted by atomic mass is 9.72. The quantitative estimate of drug-likeness (QED) is 0.0590. The number of hydrogen-bond acceptors (Lipinski definition) is 22. The highest BCUT2D eigenvalue weighted by Crippen LogP contribution is 2.50. The number of nitrogens with zero attached hydrogens (tertiary/aromatic N) is 3. The number of methoxy groups -OCH3 is 2. The number of rotatable bonds is 29. The fourth-order valence-corrected chi connectivity index (χ4v) is 11.5. The number of alkyl carbamates (subject to hydrolysis) is 1. The number of thioether (sulfide) groups is 1. The van der Waals surface area contributed by atoms with Crippen molar-refractivity contribution < 1.29 is 100 Å². The van der Waals surface area contributed by atoms with E-state index < -0.39 is 88.3 Å². The Bertz CT molecular complexity index is 2580. The molecule has 0 aliphatic carbocycles. The first-order valence-corrected chi connectivity index (χ1v) is 29.3. The van der Waals surface area contributed by atoms with Crippen molar-refractivity contribution in [1.29, 1.82) is 0 Å². The second-order valence-electron chi connectivity index (χ2n) is 21.2. The van der Waals surface area contributed by atoms with Crippen molar-refractivity contribution in [3.8, 4) is 5.75 Å². The fraction of sp³-hybridized carbons (Fsp3) is 0.661. The molecule has 6 heterocycles. The Hall–Kier alpha value is -5.75. The number of carbonyl (C=O) groups excluding carboxylic acids is 9. The highest BCUT2D eigenvalue weighted by Gasteiger charge is 2.63. The van der Waals surface area contributed by atoms with Gasteiger partial charge in [-0.25, -0.2) is 14.4 Å². The first kappa shape index (κ1) is 67.4. The molecule has 1 aromatic carbocycles. The number of hydroxylamine groups is 2.